The van der Waals surface area contributed by atoms with Crippen molar-refractivity contribution in [2.45, 2.75) is 42.5 Å². The molecule has 0 aromatic carbocycles. The van der Waals surface area contributed by atoms with Crippen LogP contribution in [0.15, 0.2) is 36.3 Å². The molecule has 1 heterocycles. The molecule has 0 saturated heterocycles. The van der Waals surface area contributed by atoms with Crippen molar-refractivity contribution < 1.29 is 0 Å². The lowest BCUT2D eigenvalue weighted by Crippen LogP contribution is -2.21. The summed E-state index contributed by atoms with van der Waals surface area (Å²) in [5, 5.41) is 1.60. The molecule has 86 valence electrons. The Morgan fingerprint density at radius 3 is 2.81 bits per heavy atom. The fourth-order valence-electron chi connectivity index (χ4n) is 2.29. The van der Waals surface area contributed by atoms with Crippen molar-refractivity contribution in [2.24, 2.45) is 5.92 Å². The second kappa shape index (κ2) is 6.04. The molecule has 0 spiro atoms. The number of hydrogen-bond donors (Lipinski definition) is 0. The molecular formula is C13H18N2S. The minimum Gasteiger partial charge on any atom is -0.231 e. The largest absolute Gasteiger partial charge is 0.231 e. The van der Waals surface area contributed by atoms with Crippen molar-refractivity contribution in [3.05, 3.63) is 31.1 Å². The maximum Gasteiger partial charge on any atom is 0.187 e. The van der Waals surface area contributed by atoms with Gasteiger partial charge in [-0.15, -0.1) is 6.58 Å². The molecule has 0 aliphatic heterocycles. The van der Waals surface area contributed by atoms with E-state index in [4.69, 9.17) is 0 Å². The van der Waals surface area contributed by atoms with Crippen LogP contribution >= 0.6 is 11.8 Å². The fourth-order valence-corrected chi connectivity index (χ4v) is 3.53. The number of hydrogen-bond acceptors (Lipinski definition) is 3. The van der Waals surface area contributed by atoms with Crippen LogP contribution in [-0.2, 0) is 0 Å². The molecule has 1 saturated carbocycles. The summed E-state index contributed by atoms with van der Waals surface area (Å²) in [5.41, 5.74) is 0. The zero-order valence-corrected chi connectivity index (χ0v) is 10.3. The van der Waals surface area contributed by atoms with E-state index >= 15 is 0 Å². The van der Waals surface area contributed by atoms with Gasteiger partial charge in [0.15, 0.2) is 5.16 Å². The first kappa shape index (κ1) is 11.6. The van der Waals surface area contributed by atoms with E-state index in [1.807, 2.05) is 30.2 Å². The normalized spacial score (nSPS) is 25.2. The van der Waals surface area contributed by atoms with E-state index in [9.17, 15) is 0 Å². The Bertz CT molecular complexity index is 326. The quantitative estimate of drug-likeness (QED) is 0.587. The van der Waals surface area contributed by atoms with E-state index in [2.05, 4.69) is 22.6 Å². The fraction of sp³-hybridized carbons (Fsp3) is 0.538. The Labute approximate surface area is 102 Å². The van der Waals surface area contributed by atoms with E-state index in [1.54, 1.807) is 0 Å². The summed E-state index contributed by atoms with van der Waals surface area (Å²) in [4.78, 5) is 8.59. The van der Waals surface area contributed by atoms with Gasteiger partial charge in [-0.2, -0.15) is 0 Å². The highest BCUT2D eigenvalue weighted by atomic mass is 32.2. The van der Waals surface area contributed by atoms with Gasteiger partial charge < -0.3 is 0 Å². The molecule has 1 aliphatic carbocycles. The molecule has 2 atom stereocenters. The van der Waals surface area contributed by atoms with Gasteiger partial charge in [0, 0.05) is 17.6 Å². The zero-order valence-electron chi connectivity index (χ0n) is 9.51. The molecule has 3 heteroatoms. The van der Waals surface area contributed by atoms with Crippen LogP contribution in [-0.4, -0.2) is 15.2 Å². The van der Waals surface area contributed by atoms with Gasteiger partial charge in [-0.3, -0.25) is 0 Å². The second-order valence-electron chi connectivity index (χ2n) is 4.26. The molecule has 0 radical (unpaired) electrons. The highest BCUT2D eigenvalue weighted by Crippen LogP contribution is 2.37. The van der Waals surface area contributed by atoms with Crippen LogP contribution in [0.5, 0.6) is 0 Å². The number of rotatable bonds is 4. The number of nitrogens with zero attached hydrogens (tertiary/aromatic N) is 2. The number of allylic oxidation sites excluding steroid dienone is 1. The number of aromatic nitrogens is 2. The molecule has 0 amide bonds. The van der Waals surface area contributed by atoms with E-state index in [0.29, 0.717) is 5.25 Å². The van der Waals surface area contributed by atoms with Crippen LogP contribution in [0.25, 0.3) is 0 Å². The molecule has 0 bridgehead atoms. The Morgan fingerprint density at radius 1 is 1.31 bits per heavy atom. The highest BCUT2D eigenvalue weighted by molar-refractivity contribution is 7.99. The summed E-state index contributed by atoms with van der Waals surface area (Å²) in [6.45, 7) is 3.86. The van der Waals surface area contributed by atoms with Crippen molar-refractivity contribution in [1.82, 2.24) is 9.97 Å². The van der Waals surface area contributed by atoms with Crippen molar-refractivity contribution >= 4 is 11.8 Å². The first-order valence-electron chi connectivity index (χ1n) is 5.94. The number of thioether (sulfide) groups is 1. The first-order chi connectivity index (χ1) is 7.90. The van der Waals surface area contributed by atoms with Crippen LogP contribution < -0.4 is 0 Å². The van der Waals surface area contributed by atoms with Gasteiger partial charge in [0.05, 0.1) is 0 Å². The minimum absolute atomic E-state index is 0.675. The second-order valence-corrected chi connectivity index (χ2v) is 5.46. The van der Waals surface area contributed by atoms with Crippen LogP contribution in [0, 0.1) is 5.92 Å². The van der Waals surface area contributed by atoms with Gasteiger partial charge >= 0.3 is 0 Å². The Morgan fingerprint density at radius 2 is 2.06 bits per heavy atom. The Balaban J connectivity index is 1.98. The van der Waals surface area contributed by atoms with E-state index in [0.717, 1.165) is 17.5 Å². The smallest absolute Gasteiger partial charge is 0.187 e. The summed E-state index contributed by atoms with van der Waals surface area (Å²) in [5.74, 6) is 0.764. The summed E-state index contributed by atoms with van der Waals surface area (Å²) in [6, 6.07) is 1.87. The Kier molecular flexibility index (Phi) is 4.40. The molecule has 0 N–H and O–H groups in total. The van der Waals surface area contributed by atoms with Crippen LogP contribution in [0.3, 0.4) is 0 Å². The van der Waals surface area contributed by atoms with Gasteiger partial charge in [-0.1, -0.05) is 30.7 Å². The van der Waals surface area contributed by atoms with Gasteiger partial charge in [0.1, 0.15) is 0 Å². The molecule has 1 unspecified atom stereocenters. The van der Waals surface area contributed by atoms with Crippen molar-refractivity contribution in [3.63, 3.8) is 0 Å². The summed E-state index contributed by atoms with van der Waals surface area (Å²) in [7, 11) is 0. The summed E-state index contributed by atoms with van der Waals surface area (Å²) < 4.78 is 0. The molecular weight excluding hydrogens is 216 g/mol. The lowest BCUT2D eigenvalue weighted by Gasteiger charge is -2.29. The maximum absolute atomic E-state index is 4.29. The zero-order chi connectivity index (χ0) is 11.2. The molecule has 1 fully saturated rings. The molecule has 1 aliphatic rings. The third-order valence-corrected chi connectivity index (χ3v) is 4.45. The van der Waals surface area contributed by atoms with Gasteiger partial charge in [-0.05, 0) is 31.2 Å². The Hall–Kier alpha value is -0.830. The lowest BCUT2D eigenvalue weighted by atomic mass is 9.86. The van der Waals surface area contributed by atoms with E-state index < -0.39 is 0 Å². The monoisotopic (exact) mass is 234 g/mol. The lowest BCUT2D eigenvalue weighted by molar-refractivity contribution is 0.373. The first-order valence-corrected chi connectivity index (χ1v) is 6.82. The molecule has 1 aromatic heterocycles. The standard InChI is InChI=1S/C13H18N2S/c1-2-6-11-7-3-4-8-12(11)16-13-14-9-5-10-15-13/h2,5,9-12H,1,3-4,6-8H2/t11-,12?/m1/s1. The SMILES string of the molecule is C=CC[C@@H]1CCCCC1Sc1ncccn1. The predicted molar refractivity (Wildman–Crippen MR) is 68.4 cm³/mol. The van der Waals surface area contributed by atoms with Crippen LogP contribution in [0.1, 0.15) is 32.1 Å². The summed E-state index contributed by atoms with van der Waals surface area (Å²) in [6.07, 6.45) is 12.2. The maximum atomic E-state index is 4.29. The van der Waals surface area contributed by atoms with Gasteiger partial charge in [0.2, 0.25) is 0 Å². The van der Waals surface area contributed by atoms with Gasteiger partial charge in [-0.25, -0.2) is 9.97 Å². The van der Waals surface area contributed by atoms with Gasteiger partial charge in [0.25, 0.3) is 0 Å². The van der Waals surface area contributed by atoms with Crippen molar-refractivity contribution in [2.75, 3.05) is 0 Å². The van der Waals surface area contributed by atoms with Crippen molar-refractivity contribution in [3.8, 4) is 0 Å². The topological polar surface area (TPSA) is 25.8 Å². The molecule has 2 nitrogen and oxygen atoms in total. The third-order valence-electron chi connectivity index (χ3n) is 3.11. The molecule has 1 aromatic rings. The molecule has 16 heavy (non-hydrogen) atoms. The van der Waals surface area contributed by atoms with Crippen LogP contribution in [0.4, 0.5) is 0 Å². The highest BCUT2D eigenvalue weighted by Gasteiger charge is 2.25. The van der Waals surface area contributed by atoms with Crippen LogP contribution in [0.2, 0.25) is 0 Å². The average molecular weight is 234 g/mol. The summed E-state index contributed by atoms with van der Waals surface area (Å²) >= 11 is 1.84. The molecule has 2 rings (SSSR count). The predicted octanol–water partition coefficient (Wildman–Crippen LogP) is 3.70. The van der Waals surface area contributed by atoms with E-state index in [1.165, 1.54) is 25.7 Å². The average Bonchev–Trinajstić information content (AvgIpc) is 2.33. The third kappa shape index (κ3) is 3.08. The van der Waals surface area contributed by atoms with Crippen molar-refractivity contribution in [1.29, 1.82) is 0 Å². The minimum atomic E-state index is 0.675. The van der Waals surface area contributed by atoms with E-state index in [-0.39, 0.29) is 0 Å².